The molecule has 0 amide bonds. The Morgan fingerprint density at radius 2 is 1.70 bits per heavy atom. The first-order chi connectivity index (χ1) is 14.4. The molecule has 0 atom stereocenters. The van der Waals surface area contributed by atoms with Gasteiger partial charge in [-0.15, -0.1) is 0 Å². The van der Waals surface area contributed by atoms with Crippen molar-refractivity contribution in [3.8, 4) is 5.75 Å². The van der Waals surface area contributed by atoms with Gasteiger partial charge in [-0.25, -0.2) is 0 Å². The summed E-state index contributed by atoms with van der Waals surface area (Å²) in [5, 5.41) is 10.9. The number of aromatic nitrogens is 1. The van der Waals surface area contributed by atoms with Gasteiger partial charge in [0.15, 0.2) is 0 Å². The van der Waals surface area contributed by atoms with Crippen LogP contribution in [0.1, 0.15) is 22.3 Å². The van der Waals surface area contributed by atoms with Crippen molar-refractivity contribution >= 4 is 34.0 Å². The SMILES string of the molecule is Oc1ccc2c(c1)/C(=C(\c1ccc(C(F)(F)F)cc1)c1c[nH]c3ccccc13)C=N2. The predicted octanol–water partition coefficient (Wildman–Crippen LogP) is 6.57. The standard InChI is InChI=1S/C24H15F3N2O/c25-24(26,27)15-7-5-14(6-8-15)23(19-12-28-21-4-2-1-3-17(19)21)20-13-29-22-10-9-16(30)11-18(20)22/h1-13,28,30H/b23-20+. The van der Waals surface area contributed by atoms with Gasteiger partial charge in [-0.1, -0.05) is 30.3 Å². The lowest BCUT2D eigenvalue weighted by molar-refractivity contribution is -0.137. The lowest BCUT2D eigenvalue weighted by atomic mass is 9.89. The number of aromatic amines is 1. The van der Waals surface area contributed by atoms with Crippen LogP contribution in [0.25, 0.3) is 22.0 Å². The van der Waals surface area contributed by atoms with Gasteiger partial charge in [0.2, 0.25) is 0 Å². The van der Waals surface area contributed by atoms with Gasteiger partial charge >= 0.3 is 6.18 Å². The van der Waals surface area contributed by atoms with Gasteiger partial charge in [0.05, 0.1) is 11.3 Å². The van der Waals surface area contributed by atoms with Crippen LogP contribution in [0, 0.1) is 0 Å². The van der Waals surface area contributed by atoms with Crippen LogP contribution in [0.3, 0.4) is 0 Å². The van der Waals surface area contributed by atoms with Crippen molar-refractivity contribution in [1.82, 2.24) is 4.98 Å². The molecule has 6 heteroatoms. The zero-order valence-electron chi connectivity index (χ0n) is 15.5. The van der Waals surface area contributed by atoms with Crippen LogP contribution in [0.2, 0.25) is 0 Å². The van der Waals surface area contributed by atoms with E-state index in [1.807, 2.05) is 30.5 Å². The average molecular weight is 404 g/mol. The van der Waals surface area contributed by atoms with Crippen LogP contribution in [0.15, 0.2) is 77.9 Å². The van der Waals surface area contributed by atoms with Crippen molar-refractivity contribution in [2.45, 2.75) is 6.18 Å². The van der Waals surface area contributed by atoms with E-state index >= 15 is 0 Å². The number of H-pyrrole nitrogens is 1. The van der Waals surface area contributed by atoms with E-state index < -0.39 is 11.7 Å². The second-order valence-electron chi connectivity index (χ2n) is 7.07. The van der Waals surface area contributed by atoms with Crippen LogP contribution in [-0.2, 0) is 6.18 Å². The second-order valence-corrected chi connectivity index (χ2v) is 7.07. The van der Waals surface area contributed by atoms with Crippen molar-refractivity contribution in [3.05, 3.63) is 95.2 Å². The molecule has 1 aromatic heterocycles. The molecule has 5 rings (SSSR count). The number of hydrogen-bond acceptors (Lipinski definition) is 2. The summed E-state index contributed by atoms with van der Waals surface area (Å²) in [7, 11) is 0. The second kappa shape index (κ2) is 6.62. The molecule has 0 saturated carbocycles. The molecule has 0 aliphatic carbocycles. The molecule has 4 aromatic rings. The number of para-hydroxylation sites is 1. The number of halogens is 3. The van der Waals surface area contributed by atoms with Crippen molar-refractivity contribution in [1.29, 1.82) is 0 Å². The minimum Gasteiger partial charge on any atom is -0.508 e. The first-order valence-electron chi connectivity index (χ1n) is 9.28. The summed E-state index contributed by atoms with van der Waals surface area (Å²) in [4.78, 5) is 7.66. The number of fused-ring (bicyclic) bond motifs is 2. The molecular weight excluding hydrogens is 389 g/mol. The van der Waals surface area contributed by atoms with Crippen molar-refractivity contribution in [2.24, 2.45) is 4.99 Å². The largest absolute Gasteiger partial charge is 0.508 e. The topological polar surface area (TPSA) is 48.4 Å². The van der Waals surface area contributed by atoms with Crippen molar-refractivity contribution in [2.75, 3.05) is 0 Å². The molecule has 3 nitrogen and oxygen atoms in total. The number of phenols is 1. The molecule has 0 spiro atoms. The molecule has 30 heavy (non-hydrogen) atoms. The molecule has 3 aromatic carbocycles. The van der Waals surface area contributed by atoms with E-state index in [1.165, 1.54) is 12.1 Å². The number of phenolic OH excluding ortho intramolecular Hbond substituents is 1. The maximum Gasteiger partial charge on any atom is 0.416 e. The Bertz CT molecular complexity index is 1330. The summed E-state index contributed by atoms with van der Waals surface area (Å²) in [5.74, 6) is 0.0995. The van der Waals surface area contributed by atoms with Crippen molar-refractivity contribution < 1.29 is 18.3 Å². The van der Waals surface area contributed by atoms with Crippen LogP contribution in [0.4, 0.5) is 18.9 Å². The number of nitrogens with zero attached hydrogens (tertiary/aromatic N) is 1. The highest BCUT2D eigenvalue weighted by Gasteiger charge is 2.30. The minimum atomic E-state index is -4.40. The van der Waals surface area contributed by atoms with E-state index in [0.29, 0.717) is 11.3 Å². The molecule has 148 valence electrons. The van der Waals surface area contributed by atoms with Gasteiger partial charge in [0, 0.05) is 45.6 Å². The number of rotatable bonds is 2. The normalized spacial score (nSPS) is 14.9. The zero-order chi connectivity index (χ0) is 20.9. The number of nitrogens with one attached hydrogen (secondary N) is 1. The maximum absolute atomic E-state index is 13.1. The summed E-state index contributed by atoms with van der Waals surface area (Å²) in [5.41, 5.74) is 4.62. The van der Waals surface area contributed by atoms with Crippen LogP contribution in [-0.4, -0.2) is 16.3 Å². The number of aromatic hydroxyl groups is 1. The summed E-state index contributed by atoms with van der Waals surface area (Å²) < 4.78 is 39.2. The highest BCUT2D eigenvalue weighted by Crippen LogP contribution is 2.42. The fourth-order valence-corrected chi connectivity index (χ4v) is 3.82. The summed E-state index contributed by atoms with van der Waals surface area (Å²) in [6, 6.07) is 17.7. The summed E-state index contributed by atoms with van der Waals surface area (Å²) in [6.45, 7) is 0. The van der Waals surface area contributed by atoms with Gasteiger partial charge in [0.1, 0.15) is 5.75 Å². The number of allylic oxidation sites excluding steroid dienone is 1. The van der Waals surface area contributed by atoms with Gasteiger partial charge < -0.3 is 10.1 Å². The van der Waals surface area contributed by atoms with Crippen LogP contribution < -0.4 is 0 Å². The van der Waals surface area contributed by atoms with E-state index in [4.69, 9.17) is 0 Å². The Kier molecular flexibility index (Phi) is 4.03. The number of hydrogen-bond donors (Lipinski definition) is 2. The fourth-order valence-electron chi connectivity index (χ4n) is 3.82. The number of aliphatic imine (C=N–C) groups is 1. The minimum absolute atomic E-state index is 0.0995. The molecule has 1 aliphatic heterocycles. The zero-order valence-corrected chi connectivity index (χ0v) is 15.5. The summed E-state index contributed by atoms with van der Waals surface area (Å²) >= 11 is 0. The van der Waals surface area contributed by atoms with E-state index in [2.05, 4.69) is 9.98 Å². The van der Waals surface area contributed by atoms with Gasteiger partial charge in [0.25, 0.3) is 0 Å². The lowest BCUT2D eigenvalue weighted by Crippen LogP contribution is -2.04. The van der Waals surface area contributed by atoms with Gasteiger partial charge in [-0.05, 0) is 42.0 Å². The third-order valence-corrected chi connectivity index (χ3v) is 5.23. The van der Waals surface area contributed by atoms with E-state index in [1.54, 1.807) is 24.4 Å². The Labute approximate surface area is 169 Å². The molecule has 2 heterocycles. The summed E-state index contributed by atoms with van der Waals surface area (Å²) in [6.07, 6.45) is -0.863. The fraction of sp³-hybridized carbons (Fsp3) is 0.0417. The van der Waals surface area contributed by atoms with Crippen molar-refractivity contribution in [3.63, 3.8) is 0 Å². The lowest BCUT2D eigenvalue weighted by Gasteiger charge is -2.14. The molecule has 2 N–H and O–H groups in total. The Morgan fingerprint density at radius 1 is 0.933 bits per heavy atom. The Balaban J connectivity index is 1.79. The maximum atomic E-state index is 13.1. The van der Waals surface area contributed by atoms with E-state index in [9.17, 15) is 18.3 Å². The molecule has 0 fully saturated rings. The van der Waals surface area contributed by atoms with E-state index in [-0.39, 0.29) is 5.75 Å². The molecule has 0 radical (unpaired) electrons. The average Bonchev–Trinajstić information content (AvgIpc) is 3.33. The highest BCUT2D eigenvalue weighted by atomic mass is 19.4. The number of benzene rings is 3. The van der Waals surface area contributed by atoms with Gasteiger partial charge in [-0.2, -0.15) is 13.2 Å². The molecule has 0 unspecified atom stereocenters. The highest BCUT2D eigenvalue weighted by molar-refractivity contribution is 6.27. The smallest absolute Gasteiger partial charge is 0.416 e. The van der Waals surface area contributed by atoms with Crippen LogP contribution >= 0.6 is 0 Å². The molecule has 0 bridgehead atoms. The number of alkyl halides is 3. The first-order valence-corrected chi connectivity index (χ1v) is 9.28. The van der Waals surface area contributed by atoms with E-state index in [0.717, 1.165) is 45.3 Å². The Hall–Kier alpha value is -3.80. The monoisotopic (exact) mass is 404 g/mol. The third-order valence-electron chi connectivity index (χ3n) is 5.23. The first kappa shape index (κ1) is 18.2. The molecular formula is C24H15F3N2O. The molecule has 0 saturated heterocycles. The quantitative estimate of drug-likeness (QED) is 0.390. The third kappa shape index (κ3) is 2.97. The predicted molar refractivity (Wildman–Crippen MR) is 112 cm³/mol. The molecule has 1 aliphatic rings. The van der Waals surface area contributed by atoms with Gasteiger partial charge in [-0.3, -0.25) is 4.99 Å². The van der Waals surface area contributed by atoms with Crippen LogP contribution in [0.5, 0.6) is 5.75 Å². The Morgan fingerprint density at radius 3 is 2.47 bits per heavy atom.